The molecule has 0 aromatic rings. The van der Waals surface area contributed by atoms with E-state index in [1.165, 1.54) is 25.7 Å². The Balaban J connectivity index is 4.57. The number of hydrogen-bond donors (Lipinski definition) is 0. The molecular weight excluding hydrogens is 216 g/mol. The lowest BCUT2D eigenvalue weighted by Crippen LogP contribution is -2.12. The third-order valence-corrected chi connectivity index (χ3v) is 4.83. The summed E-state index contributed by atoms with van der Waals surface area (Å²) in [5.74, 6) is 3.28. The molecule has 2 atom stereocenters. The van der Waals surface area contributed by atoms with Crippen molar-refractivity contribution in [3.05, 3.63) is 11.1 Å². The average Bonchev–Trinajstić information content (AvgIpc) is 2.29. The van der Waals surface area contributed by atoms with Crippen LogP contribution in [0.1, 0.15) is 81.1 Å². The second kappa shape index (κ2) is 8.77. The maximum atomic E-state index is 2.36. The van der Waals surface area contributed by atoms with Gasteiger partial charge >= 0.3 is 0 Å². The highest BCUT2D eigenvalue weighted by Gasteiger charge is 2.16. The molecule has 0 aliphatic heterocycles. The van der Waals surface area contributed by atoms with Gasteiger partial charge in [-0.3, -0.25) is 0 Å². The Labute approximate surface area is 116 Å². The lowest BCUT2D eigenvalue weighted by molar-refractivity contribution is 0.347. The van der Waals surface area contributed by atoms with Crippen LogP contribution in [0.15, 0.2) is 11.1 Å². The topological polar surface area (TPSA) is 0 Å². The summed E-state index contributed by atoms with van der Waals surface area (Å²) in [6, 6.07) is 0. The van der Waals surface area contributed by atoms with Crippen LogP contribution in [0.2, 0.25) is 0 Å². The van der Waals surface area contributed by atoms with Crippen LogP contribution in [0.4, 0.5) is 0 Å². The quantitative estimate of drug-likeness (QED) is 0.434. The van der Waals surface area contributed by atoms with E-state index in [1.807, 2.05) is 0 Å². The number of rotatable bonds is 8. The maximum Gasteiger partial charge on any atom is -0.0183 e. The zero-order valence-electron chi connectivity index (χ0n) is 14.1. The van der Waals surface area contributed by atoms with E-state index in [-0.39, 0.29) is 0 Å². The molecule has 0 heteroatoms. The van der Waals surface area contributed by atoms with Crippen LogP contribution in [0.5, 0.6) is 0 Å². The highest BCUT2D eigenvalue weighted by molar-refractivity contribution is 5.13. The van der Waals surface area contributed by atoms with Gasteiger partial charge < -0.3 is 0 Å². The molecule has 0 rings (SSSR count). The van der Waals surface area contributed by atoms with Gasteiger partial charge in [-0.15, -0.1) is 0 Å². The minimum absolute atomic E-state index is 0.775. The molecule has 0 fully saturated rings. The van der Waals surface area contributed by atoms with Crippen molar-refractivity contribution >= 4 is 0 Å². The second-order valence-corrected chi connectivity index (χ2v) is 6.67. The highest BCUT2D eigenvalue weighted by atomic mass is 14.2. The van der Waals surface area contributed by atoms with E-state index in [4.69, 9.17) is 0 Å². The van der Waals surface area contributed by atoms with Crippen LogP contribution in [-0.4, -0.2) is 0 Å². The Bertz CT molecular complexity index is 245. The molecule has 0 radical (unpaired) electrons. The number of allylic oxidation sites excluding steroid dienone is 2. The molecule has 0 spiro atoms. The molecule has 0 aliphatic rings. The van der Waals surface area contributed by atoms with Crippen molar-refractivity contribution in [3.8, 4) is 0 Å². The molecule has 108 valence electrons. The Morgan fingerprint density at radius 3 is 1.72 bits per heavy atom. The van der Waals surface area contributed by atoms with Crippen LogP contribution < -0.4 is 0 Å². The van der Waals surface area contributed by atoms with Gasteiger partial charge in [0.25, 0.3) is 0 Å². The van der Waals surface area contributed by atoms with Gasteiger partial charge in [-0.2, -0.15) is 0 Å². The van der Waals surface area contributed by atoms with Gasteiger partial charge in [0.1, 0.15) is 0 Å². The van der Waals surface area contributed by atoms with E-state index in [1.54, 1.807) is 11.1 Å². The molecule has 0 N–H and O–H groups in total. The largest absolute Gasteiger partial charge is 0.0741 e. The third-order valence-electron chi connectivity index (χ3n) is 4.83. The van der Waals surface area contributed by atoms with E-state index in [2.05, 4.69) is 55.4 Å². The molecular formula is C18H36. The zero-order chi connectivity index (χ0) is 14.3. The monoisotopic (exact) mass is 252 g/mol. The van der Waals surface area contributed by atoms with Crippen molar-refractivity contribution in [2.75, 3.05) is 0 Å². The predicted octanol–water partition coefficient (Wildman–Crippen LogP) is 6.47. The minimum Gasteiger partial charge on any atom is -0.0741 e. The zero-order valence-corrected chi connectivity index (χ0v) is 14.1. The van der Waals surface area contributed by atoms with Crippen LogP contribution in [-0.2, 0) is 0 Å². The summed E-state index contributed by atoms with van der Waals surface area (Å²) in [4.78, 5) is 0. The molecule has 0 heterocycles. The van der Waals surface area contributed by atoms with Gasteiger partial charge in [-0.1, -0.05) is 59.1 Å². The summed E-state index contributed by atoms with van der Waals surface area (Å²) in [6.07, 6.45) is 5.27. The minimum atomic E-state index is 0.775. The summed E-state index contributed by atoms with van der Waals surface area (Å²) >= 11 is 0. The molecule has 0 aliphatic carbocycles. The molecule has 0 bridgehead atoms. The summed E-state index contributed by atoms with van der Waals surface area (Å²) in [6.45, 7) is 18.8. The first-order chi connectivity index (χ1) is 8.34. The summed E-state index contributed by atoms with van der Waals surface area (Å²) in [7, 11) is 0. The average molecular weight is 252 g/mol. The van der Waals surface area contributed by atoms with Crippen LogP contribution >= 0.6 is 0 Å². The van der Waals surface area contributed by atoms with Crippen molar-refractivity contribution < 1.29 is 0 Å². The fourth-order valence-electron chi connectivity index (χ4n) is 3.20. The molecule has 0 amide bonds. The first kappa shape index (κ1) is 17.7. The first-order valence-electron chi connectivity index (χ1n) is 8.01. The van der Waals surface area contributed by atoms with Crippen LogP contribution in [0, 0.1) is 23.7 Å². The predicted molar refractivity (Wildman–Crippen MR) is 84.8 cm³/mol. The van der Waals surface area contributed by atoms with Gasteiger partial charge in [0.15, 0.2) is 0 Å². The summed E-state index contributed by atoms with van der Waals surface area (Å²) in [5.41, 5.74) is 3.31. The smallest absolute Gasteiger partial charge is 0.0183 e. The molecule has 0 aromatic heterocycles. The van der Waals surface area contributed by atoms with Gasteiger partial charge in [0.05, 0.1) is 0 Å². The van der Waals surface area contributed by atoms with Gasteiger partial charge in [0, 0.05) is 0 Å². The van der Waals surface area contributed by atoms with Gasteiger partial charge in [0.2, 0.25) is 0 Å². The normalized spacial score (nSPS) is 17.0. The van der Waals surface area contributed by atoms with Gasteiger partial charge in [-0.25, -0.2) is 0 Å². The Hall–Kier alpha value is -0.260. The second-order valence-electron chi connectivity index (χ2n) is 6.67. The first-order valence-corrected chi connectivity index (χ1v) is 8.01. The van der Waals surface area contributed by atoms with E-state index >= 15 is 0 Å². The molecule has 18 heavy (non-hydrogen) atoms. The molecule has 2 unspecified atom stereocenters. The Morgan fingerprint density at radius 1 is 0.833 bits per heavy atom. The molecule has 0 saturated carbocycles. The summed E-state index contributed by atoms with van der Waals surface area (Å²) in [5, 5.41) is 0. The fraction of sp³-hybridized carbons (Fsp3) is 0.889. The highest BCUT2D eigenvalue weighted by Crippen LogP contribution is 2.29. The Morgan fingerprint density at radius 2 is 1.39 bits per heavy atom. The van der Waals surface area contributed by atoms with Crippen molar-refractivity contribution in [2.24, 2.45) is 23.7 Å². The SMILES string of the molecule is CCC(CC/C(C)=C(\C)C(CC)C(C)C)C(C)C. The standard InChI is InChI=1S/C18H36/c1-9-17(13(3)4)12-11-15(7)16(8)18(10-2)14(5)6/h13-14,17-18H,9-12H2,1-8H3/b16-15+. The Kier molecular flexibility index (Phi) is 8.65. The van der Waals surface area contributed by atoms with Crippen molar-refractivity contribution in [1.82, 2.24) is 0 Å². The van der Waals surface area contributed by atoms with Crippen molar-refractivity contribution in [1.29, 1.82) is 0 Å². The van der Waals surface area contributed by atoms with E-state index in [9.17, 15) is 0 Å². The van der Waals surface area contributed by atoms with Crippen LogP contribution in [0.25, 0.3) is 0 Å². The van der Waals surface area contributed by atoms with Gasteiger partial charge in [-0.05, 0) is 56.8 Å². The molecule has 0 nitrogen and oxygen atoms in total. The third kappa shape index (κ3) is 5.59. The van der Waals surface area contributed by atoms with E-state index in [0.29, 0.717) is 0 Å². The fourth-order valence-corrected chi connectivity index (χ4v) is 3.20. The molecule has 0 aromatic carbocycles. The van der Waals surface area contributed by atoms with E-state index < -0.39 is 0 Å². The summed E-state index contributed by atoms with van der Waals surface area (Å²) < 4.78 is 0. The lowest BCUT2D eigenvalue weighted by Gasteiger charge is -2.24. The lowest BCUT2D eigenvalue weighted by atomic mass is 9.82. The van der Waals surface area contributed by atoms with Crippen LogP contribution in [0.3, 0.4) is 0 Å². The van der Waals surface area contributed by atoms with E-state index in [0.717, 1.165) is 23.7 Å². The van der Waals surface area contributed by atoms with Crippen molar-refractivity contribution in [3.63, 3.8) is 0 Å². The van der Waals surface area contributed by atoms with Crippen molar-refractivity contribution in [2.45, 2.75) is 81.1 Å². The number of hydrogen-bond acceptors (Lipinski definition) is 0. The maximum absolute atomic E-state index is 2.36. The molecule has 0 saturated heterocycles.